The first-order valence-corrected chi connectivity index (χ1v) is 5.17. The van der Waals surface area contributed by atoms with Gasteiger partial charge in [-0.15, -0.1) is 0 Å². The van der Waals surface area contributed by atoms with E-state index in [1.807, 2.05) is 32.0 Å². The van der Waals surface area contributed by atoms with E-state index in [1.165, 1.54) is 0 Å². The minimum absolute atomic E-state index is 0.0439. The van der Waals surface area contributed by atoms with Gasteiger partial charge < -0.3 is 5.11 Å². The van der Waals surface area contributed by atoms with Gasteiger partial charge in [0.05, 0.1) is 22.8 Å². The van der Waals surface area contributed by atoms with Crippen LogP contribution in [-0.2, 0) is 6.61 Å². The number of aliphatic hydroxyl groups excluding tert-OH is 1. The van der Waals surface area contributed by atoms with Crippen molar-refractivity contribution in [3.63, 3.8) is 0 Å². The second-order valence-corrected chi connectivity index (χ2v) is 4.11. The van der Waals surface area contributed by atoms with E-state index in [0.29, 0.717) is 5.02 Å². The number of nitrogens with zero attached hydrogens (tertiary/aromatic N) is 1. The molecule has 0 aliphatic rings. The molecular weight excluding hydrogens is 210 g/mol. The number of hydrogen-bond donors (Lipinski definition) is 1. The van der Waals surface area contributed by atoms with Crippen LogP contribution in [0.15, 0.2) is 18.2 Å². The fourth-order valence-electron chi connectivity index (χ4n) is 1.70. The first-order chi connectivity index (χ1) is 7.11. The summed E-state index contributed by atoms with van der Waals surface area (Å²) in [4.78, 5) is 4.44. The van der Waals surface area contributed by atoms with E-state index in [0.717, 1.165) is 27.7 Å². The first kappa shape index (κ1) is 10.4. The van der Waals surface area contributed by atoms with E-state index in [2.05, 4.69) is 4.98 Å². The Bertz CT molecular complexity index is 523. The van der Waals surface area contributed by atoms with E-state index >= 15 is 0 Å². The number of rotatable bonds is 1. The minimum Gasteiger partial charge on any atom is -0.392 e. The van der Waals surface area contributed by atoms with Crippen molar-refractivity contribution in [3.8, 4) is 0 Å². The van der Waals surface area contributed by atoms with Crippen LogP contribution in [0, 0.1) is 13.8 Å². The van der Waals surface area contributed by atoms with Crippen molar-refractivity contribution in [2.75, 3.05) is 0 Å². The van der Waals surface area contributed by atoms with Gasteiger partial charge >= 0.3 is 0 Å². The largest absolute Gasteiger partial charge is 0.392 e. The third kappa shape index (κ3) is 1.83. The molecule has 0 atom stereocenters. The summed E-state index contributed by atoms with van der Waals surface area (Å²) < 4.78 is 0. The molecule has 0 unspecified atom stereocenters. The highest BCUT2D eigenvalue weighted by atomic mass is 35.5. The van der Waals surface area contributed by atoms with Crippen LogP contribution in [0.25, 0.3) is 10.9 Å². The molecule has 0 spiro atoms. The molecule has 3 heteroatoms. The topological polar surface area (TPSA) is 33.1 Å². The highest BCUT2D eigenvalue weighted by molar-refractivity contribution is 6.31. The standard InChI is InChI=1S/C12H12ClNO/c1-7-3-9(6-15)4-10-5-11(13)8(2)14-12(7)10/h3-5,15H,6H2,1-2H3. The zero-order chi connectivity index (χ0) is 11.0. The second kappa shape index (κ2) is 3.80. The lowest BCUT2D eigenvalue weighted by molar-refractivity contribution is 0.282. The molecule has 0 saturated heterocycles. The van der Waals surface area contributed by atoms with Gasteiger partial charge in [-0.3, -0.25) is 4.98 Å². The zero-order valence-corrected chi connectivity index (χ0v) is 9.47. The van der Waals surface area contributed by atoms with E-state index in [4.69, 9.17) is 16.7 Å². The number of fused-ring (bicyclic) bond motifs is 1. The average molecular weight is 222 g/mol. The van der Waals surface area contributed by atoms with Crippen molar-refractivity contribution >= 4 is 22.5 Å². The van der Waals surface area contributed by atoms with Crippen LogP contribution >= 0.6 is 11.6 Å². The molecule has 0 radical (unpaired) electrons. The molecule has 2 aromatic rings. The summed E-state index contributed by atoms with van der Waals surface area (Å²) in [6, 6.07) is 5.76. The van der Waals surface area contributed by atoms with Crippen molar-refractivity contribution in [3.05, 3.63) is 40.0 Å². The maximum absolute atomic E-state index is 9.09. The third-order valence-electron chi connectivity index (χ3n) is 2.48. The molecule has 1 heterocycles. The minimum atomic E-state index is 0.0439. The quantitative estimate of drug-likeness (QED) is 0.803. The van der Waals surface area contributed by atoms with Crippen molar-refractivity contribution in [1.82, 2.24) is 4.98 Å². The first-order valence-electron chi connectivity index (χ1n) is 4.79. The number of aryl methyl sites for hydroxylation is 2. The average Bonchev–Trinajstić information content (AvgIpc) is 2.21. The van der Waals surface area contributed by atoms with Crippen molar-refractivity contribution in [1.29, 1.82) is 0 Å². The van der Waals surface area contributed by atoms with Gasteiger partial charge in [0.1, 0.15) is 0 Å². The van der Waals surface area contributed by atoms with Gasteiger partial charge in [-0.05, 0) is 37.1 Å². The van der Waals surface area contributed by atoms with Gasteiger partial charge in [0, 0.05) is 5.39 Å². The van der Waals surface area contributed by atoms with Gasteiger partial charge in [0.2, 0.25) is 0 Å². The highest BCUT2D eigenvalue weighted by Gasteiger charge is 2.05. The van der Waals surface area contributed by atoms with Gasteiger partial charge in [0.15, 0.2) is 0 Å². The normalized spacial score (nSPS) is 10.9. The predicted octanol–water partition coefficient (Wildman–Crippen LogP) is 3.00. The molecule has 0 saturated carbocycles. The molecule has 1 N–H and O–H groups in total. The summed E-state index contributed by atoms with van der Waals surface area (Å²) in [5.74, 6) is 0. The molecule has 0 amide bonds. The molecular formula is C12H12ClNO. The lowest BCUT2D eigenvalue weighted by atomic mass is 10.1. The Kier molecular flexibility index (Phi) is 2.63. The molecule has 78 valence electrons. The summed E-state index contributed by atoms with van der Waals surface area (Å²) in [6.45, 7) is 3.92. The SMILES string of the molecule is Cc1nc2c(C)cc(CO)cc2cc1Cl. The Morgan fingerprint density at radius 2 is 2.00 bits per heavy atom. The van der Waals surface area contributed by atoms with Crippen molar-refractivity contribution in [2.24, 2.45) is 0 Å². The monoisotopic (exact) mass is 221 g/mol. The number of aromatic nitrogens is 1. The summed E-state index contributed by atoms with van der Waals surface area (Å²) >= 11 is 6.01. The Morgan fingerprint density at radius 1 is 1.27 bits per heavy atom. The fraction of sp³-hybridized carbons (Fsp3) is 0.250. The Balaban J connectivity index is 2.80. The molecule has 0 aliphatic heterocycles. The maximum atomic E-state index is 9.09. The van der Waals surface area contributed by atoms with Crippen molar-refractivity contribution < 1.29 is 5.11 Å². The maximum Gasteiger partial charge on any atom is 0.0735 e. The summed E-state index contributed by atoms with van der Waals surface area (Å²) in [7, 11) is 0. The highest BCUT2D eigenvalue weighted by Crippen LogP contribution is 2.24. The lowest BCUT2D eigenvalue weighted by Gasteiger charge is -2.06. The molecule has 2 rings (SSSR count). The predicted molar refractivity (Wildman–Crippen MR) is 62.1 cm³/mol. The Labute approximate surface area is 93.5 Å². The number of aliphatic hydroxyl groups is 1. The van der Waals surface area contributed by atoms with Crippen LogP contribution in [0.2, 0.25) is 5.02 Å². The zero-order valence-electron chi connectivity index (χ0n) is 8.71. The molecule has 0 aliphatic carbocycles. The third-order valence-corrected chi connectivity index (χ3v) is 2.86. The summed E-state index contributed by atoms with van der Waals surface area (Å²) in [6.07, 6.45) is 0. The van der Waals surface area contributed by atoms with Gasteiger partial charge in [0.25, 0.3) is 0 Å². The van der Waals surface area contributed by atoms with Crippen molar-refractivity contribution in [2.45, 2.75) is 20.5 Å². The van der Waals surface area contributed by atoms with E-state index < -0.39 is 0 Å². The van der Waals surface area contributed by atoms with Crippen LogP contribution in [-0.4, -0.2) is 10.1 Å². The number of halogens is 1. The van der Waals surface area contributed by atoms with Gasteiger partial charge in [-0.25, -0.2) is 0 Å². The van der Waals surface area contributed by atoms with E-state index in [-0.39, 0.29) is 6.61 Å². The lowest BCUT2D eigenvalue weighted by Crippen LogP contribution is -1.91. The Hall–Kier alpha value is -1.12. The molecule has 1 aromatic carbocycles. The summed E-state index contributed by atoms with van der Waals surface area (Å²) in [5, 5.41) is 10.7. The van der Waals surface area contributed by atoms with Crippen LogP contribution in [0.4, 0.5) is 0 Å². The number of hydrogen-bond acceptors (Lipinski definition) is 2. The van der Waals surface area contributed by atoms with Gasteiger partial charge in [-0.1, -0.05) is 17.7 Å². The van der Waals surface area contributed by atoms with Crippen LogP contribution in [0.1, 0.15) is 16.8 Å². The molecule has 2 nitrogen and oxygen atoms in total. The molecule has 1 aromatic heterocycles. The van der Waals surface area contributed by atoms with E-state index in [1.54, 1.807) is 0 Å². The van der Waals surface area contributed by atoms with Crippen LogP contribution in [0.3, 0.4) is 0 Å². The molecule has 0 fully saturated rings. The number of pyridine rings is 1. The van der Waals surface area contributed by atoms with Crippen LogP contribution in [0.5, 0.6) is 0 Å². The fourth-order valence-corrected chi connectivity index (χ4v) is 1.86. The Morgan fingerprint density at radius 3 is 2.67 bits per heavy atom. The van der Waals surface area contributed by atoms with E-state index in [9.17, 15) is 0 Å². The summed E-state index contributed by atoms with van der Waals surface area (Å²) in [5.41, 5.74) is 3.75. The van der Waals surface area contributed by atoms with Gasteiger partial charge in [-0.2, -0.15) is 0 Å². The molecule has 0 bridgehead atoms. The molecule has 15 heavy (non-hydrogen) atoms. The van der Waals surface area contributed by atoms with Crippen LogP contribution < -0.4 is 0 Å². The second-order valence-electron chi connectivity index (χ2n) is 3.70. The number of benzene rings is 1. The smallest absolute Gasteiger partial charge is 0.0735 e.